The maximum Gasteiger partial charge on any atom is 0.416 e. The zero-order valence-corrected chi connectivity index (χ0v) is 15.8. The minimum atomic E-state index is -4.34. The highest BCUT2D eigenvalue weighted by Crippen LogP contribution is 2.31. The van der Waals surface area contributed by atoms with Gasteiger partial charge in [-0.05, 0) is 56.2 Å². The molecule has 7 heteroatoms. The Labute approximate surface area is 157 Å². The van der Waals surface area contributed by atoms with E-state index in [4.69, 9.17) is 0 Å². The molecular formula is C20H24F3N4+. The van der Waals surface area contributed by atoms with Gasteiger partial charge in [0.1, 0.15) is 5.69 Å². The highest BCUT2D eigenvalue weighted by molar-refractivity contribution is 5.64. The number of rotatable bonds is 3. The number of piperidine rings is 1. The molecule has 144 valence electrons. The molecule has 0 aliphatic carbocycles. The lowest BCUT2D eigenvalue weighted by Crippen LogP contribution is -2.33. The van der Waals surface area contributed by atoms with Gasteiger partial charge < -0.3 is 4.90 Å². The quantitative estimate of drug-likeness (QED) is 0.595. The van der Waals surface area contributed by atoms with E-state index in [9.17, 15) is 13.2 Å². The number of aromatic nitrogens is 2. The van der Waals surface area contributed by atoms with Crippen LogP contribution in [0.4, 0.5) is 19.0 Å². The third-order valence-corrected chi connectivity index (χ3v) is 4.91. The van der Waals surface area contributed by atoms with Crippen molar-refractivity contribution < 1.29 is 17.7 Å². The monoisotopic (exact) mass is 377 g/mol. The van der Waals surface area contributed by atoms with Crippen molar-refractivity contribution in [1.29, 1.82) is 0 Å². The van der Waals surface area contributed by atoms with Crippen molar-refractivity contribution in [2.24, 2.45) is 5.92 Å². The number of alkyl halides is 3. The molecule has 1 aromatic heterocycles. The van der Waals surface area contributed by atoms with Crippen molar-refractivity contribution in [3.63, 3.8) is 0 Å². The van der Waals surface area contributed by atoms with Crippen LogP contribution >= 0.6 is 0 Å². The van der Waals surface area contributed by atoms with Crippen LogP contribution in [0.1, 0.15) is 24.0 Å². The Hall–Kier alpha value is -2.28. The molecule has 2 heterocycles. The lowest BCUT2D eigenvalue weighted by Gasteiger charge is -2.26. The van der Waals surface area contributed by atoms with Crippen LogP contribution in [0.15, 0.2) is 30.3 Å². The highest BCUT2D eigenvalue weighted by atomic mass is 19.4. The van der Waals surface area contributed by atoms with E-state index in [0.29, 0.717) is 17.2 Å². The van der Waals surface area contributed by atoms with E-state index in [1.807, 2.05) is 24.6 Å². The second-order valence-electron chi connectivity index (χ2n) is 7.23. The first kappa shape index (κ1) is 19.5. The summed E-state index contributed by atoms with van der Waals surface area (Å²) in [5.74, 6) is 1.21. The Morgan fingerprint density at radius 2 is 1.89 bits per heavy atom. The van der Waals surface area contributed by atoms with Crippen molar-refractivity contribution in [3.8, 4) is 11.3 Å². The Morgan fingerprint density at radius 1 is 1.19 bits per heavy atom. The van der Waals surface area contributed by atoms with E-state index >= 15 is 0 Å². The molecule has 1 fully saturated rings. The topological polar surface area (TPSA) is 32.0 Å². The molecule has 4 nitrogen and oxygen atoms in total. The first-order chi connectivity index (χ1) is 12.7. The smallest absolute Gasteiger partial charge is 0.306 e. The fraction of sp³-hybridized carbons (Fsp3) is 0.450. The average Bonchev–Trinajstić information content (AvgIpc) is 2.61. The molecule has 1 aromatic carbocycles. The Balaban J connectivity index is 1.81. The predicted octanol–water partition coefficient (Wildman–Crippen LogP) is 4.16. The maximum atomic E-state index is 12.7. The molecule has 0 spiro atoms. The predicted molar refractivity (Wildman–Crippen MR) is 99.3 cm³/mol. The van der Waals surface area contributed by atoms with Gasteiger partial charge in [0.05, 0.1) is 23.9 Å². The molecule has 1 aliphatic rings. The second kappa shape index (κ2) is 7.76. The molecule has 2 aromatic rings. The first-order valence-corrected chi connectivity index (χ1v) is 9.02. The number of nitrogens with zero attached hydrogens (tertiary/aromatic N) is 4. The molecular weight excluding hydrogens is 353 g/mol. The molecule has 3 rings (SSSR count). The van der Waals surface area contributed by atoms with Crippen molar-refractivity contribution in [1.82, 2.24) is 15.1 Å². The molecule has 1 saturated heterocycles. The van der Waals surface area contributed by atoms with Crippen molar-refractivity contribution >= 4 is 12.0 Å². The maximum absolute atomic E-state index is 12.7. The summed E-state index contributed by atoms with van der Waals surface area (Å²) in [7, 11) is 4.08. The van der Waals surface area contributed by atoms with E-state index < -0.39 is 11.7 Å². The van der Waals surface area contributed by atoms with Gasteiger partial charge in [0, 0.05) is 24.1 Å². The number of halogens is 3. The van der Waals surface area contributed by atoms with Crippen LogP contribution < -0.4 is 0 Å². The molecule has 0 bridgehead atoms. The Bertz CT molecular complexity index is 828. The zero-order chi connectivity index (χ0) is 19.6. The van der Waals surface area contributed by atoms with Crippen LogP contribution in [0.3, 0.4) is 0 Å². The summed E-state index contributed by atoms with van der Waals surface area (Å²) in [4.78, 5) is 2.32. The number of benzene rings is 1. The van der Waals surface area contributed by atoms with E-state index in [-0.39, 0.29) is 0 Å². The van der Waals surface area contributed by atoms with Gasteiger partial charge in [-0.1, -0.05) is 12.1 Å². The average molecular weight is 377 g/mol. The minimum Gasteiger partial charge on any atom is -0.306 e. The van der Waals surface area contributed by atoms with Crippen LogP contribution in [0.25, 0.3) is 11.3 Å². The SMILES string of the molecule is Cc1cc(/[N+](C)=C\C2CCCN(C)C2)nnc1-c1ccc(C(F)(F)F)cc1. The van der Waals surface area contributed by atoms with Gasteiger partial charge in [-0.3, -0.25) is 0 Å². The molecule has 0 amide bonds. The van der Waals surface area contributed by atoms with Crippen molar-refractivity contribution in [2.45, 2.75) is 25.9 Å². The Kier molecular flexibility index (Phi) is 5.60. The van der Waals surface area contributed by atoms with Gasteiger partial charge in [0.15, 0.2) is 0 Å². The highest BCUT2D eigenvalue weighted by Gasteiger charge is 2.30. The van der Waals surface area contributed by atoms with Crippen LogP contribution in [-0.4, -0.2) is 53.1 Å². The number of hydrogen-bond donors (Lipinski definition) is 0. The summed E-state index contributed by atoms with van der Waals surface area (Å²) in [6.07, 6.45) is 0.180. The van der Waals surface area contributed by atoms with Crippen LogP contribution in [-0.2, 0) is 6.18 Å². The Morgan fingerprint density at radius 3 is 2.48 bits per heavy atom. The first-order valence-electron chi connectivity index (χ1n) is 9.02. The third-order valence-electron chi connectivity index (χ3n) is 4.91. The van der Waals surface area contributed by atoms with Gasteiger partial charge in [-0.25, -0.2) is 4.58 Å². The number of hydrogen-bond acceptors (Lipinski definition) is 3. The van der Waals surface area contributed by atoms with Crippen LogP contribution in [0.5, 0.6) is 0 Å². The molecule has 0 radical (unpaired) electrons. The van der Waals surface area contributed by atoms with Gasteiger partial charge in [-0.15, -0.1) is 0 Å². The minimum absolute atomic E-state index is 0.477. The van der Waals surface area contributed by atoms with E-state index in [1.165, 1.54) is 18.6 Å². The normalized spacial score (nSPS) is 19.3. The summed E-state index contributed by atoms with van der Waals surface area (Å²) in [5.41, 5.74) is 1.43. The van der Waals surface area contributed by atoms with E-state index in [2.05, 4.69) is 28.4 Å². The lowest BCUT2D eigenvalue weighted by molar-refractivity contribution is -0.407. The van der Waals surface area contributed by atoms with Gasteiger partial charge in [-0.2, -0.15) is 13.2 Å². The van der Waals surface area contributed by atoms with Gasteiger partial charge in [0.25, 0.3) is 0 Å². The summed E-state index contributed by atoms with van der Waals surface area (Å²) in [5, 5.41) is 8.55. The number of likely N-dealkylation sites (tertiary alicyclic amines) is 1. The zero-order valence-electron chi connectivity index (χ0n) is 15.8. The van der Waals surface area contributed by atoms with Crippen molar-refractivity contribution in [3.05, 3.63) is 41.5 Å². The van der Waals surface area contributed by atoms with E-state index in [1.54, 1.807) is 0 Å². The molecule has 0 saturated carbocycles. The summed E-state index contributed by atoms with van der Waals surface area (Å²) >= 11 is 0. The molecule has 0 N–H and O–H groups in total. The summed E-state index contributed by atoms with van der Waals surface area (Å²) in [6.45, 7) is 4.06. The van der Waals surface area contributed by atoms with Gasteiger partial charge >= 0.3 is 12.0 Å². The molecule has 1 unspecified atom stereocenters. The lowest BCUT2D eigenvalue weighted by atomic mass is 10.00. The molecule has 27 heavy (non-hydrogen) atoms. The number of aryl methyl sites for hydroxylation is 1. The standard InChI is InChI=1S/C20H24F3N4/c1-14-11-18(27(3)13-15-5-4-10-26(2)12-15)24-25-19(14)16-6-8-17(9-7-16)20(21,22)23/h6-9,11,13,15H,4-5,10,12H2,1-3H3/q+1/b27-13-. The summed E-state index contributed by atoms with van der Waals surface area (Å²) in [6, 6.07) is 6.94. The van der Waals surface area contributed by atoms with Gasteiger partial charge in [0.2, 0.25) is 0 Å². The molecule has 1 aliphatic heterocycles. The molecule has 1 atom stereocenters. The second-order valence-corrected chi connectivity index (χ2v) is 7.23. The fourth-order valence-corrected chi connectivity index (χ4v) is 3.47. The fourth-order valence-electron chi connectivity index (χ4n) is 3.47. The van der Waals surface area contributed by atoms with E-state index in [0.717, 1.165) is 43.0 Å². The largest absolute Gasteiger partial charge is 0.416 e. The van der Waals surface area contributed by atoms with Crippen LogP contribution in [0, 0.1) is 12.8 Å². The van der Waals surface area contributed by atoms with Crippen molar-refractivity contribution in [2.75, 3.05) is 27.2 Å². The van der Waals surface area contributed by atoms with Crippen LogP contribution in [0.2, 0.25) is 0 Å². The third kappa shape index (κ3) is 4.71. The summed E-state index contributed by atoms with van der Waals surface area (Å²) < 4.78 is 40.1.